The van der Waals surface area contributed by atoms with E-state index in [1.165, 1.54) is 11.3 Å². The quantitative estimate of drug-likeness (QED) is 0.809. The van der Waals surface area contributed by atoms with Crippen molar-refractivity contribution in [3.8, 4) is 0 Å². The van der Waals surface area contributed by atoms with Crippen molar-refractivity contribution in [3.05, 3.63) is 29.8 Å². The molecule has 1 unspecified atom stereocenters. The van der Waals surface area contributed by atoms with E-state index in [2.05, 4.69) is 48.3 Å². The summed E-state index contributed by atoms with van der Waals surface area (Å²) in [5.74, 6) is 0. The number of hydrogen-bond donors (Lipinski definition) is 2. The van der Waals surface area contributed by atoms with E-state index in [9.17, 15) is 0 Å². The lowest BCUT2D eigenvalue weighted by molar-refractivity contribution is 0.0159. The van der Waals surface area contributed by atoms with Crippen molar-refractivity contribution >= 4 is 5.69 Å². The van der Waals surface area contributed by atoms with Gasteiger partial charge in [-0.2, -0.15) is 0 Å². The van der Waals surface area contributed by atoms with Gasteiger partial charge < -0.3 is 20.1 Å². The second-order valence-corrected chi connectivity index (χ2v) is 5.62. The third-order valence-corrected chi connectivity index (χ3v) is 4.14. The van der Waals surface area contributed by atoms with Gasteiger partial charge in [-0.05, 0) is 37.9 Å². The van der Waals surface area contributed by atoms with Crippen LogP contribution in [0.4, 0.5) is 5.69 Å². The Morgan fingerprint density at radius 3 is 2.71 bits per heavy atom. The average Bonchev–Trinajstić information content (AvgIpc) is 2.53. The van der Waals surface area contributed by atoms with Gasteiger partial charge in [-0.15, -0.1) is 0 Å². The van der Waals surface area contributed by atoms with Crippen LogP contribution in [-0.2, 0) is 4.74 Å². The Morgan fingerprint density at radius 2 is 2.05 bits per heavy atom. The molecule has 2 rings (SSSR count). The van der Waals surface area contributed by atoms with E-state index in [0.717, 1.165) is 32.5 Å². The van der Waals surface area contributed by atoms with Crippen LogP contribution in [0.1, 0.15) is 38.3 Å². The SMILES string of the molecule is CCNC(C)c1ccccc1N1CCC(OCCO)CC1. The molecule has 1 aromatic carbocycles. The van der Waals surface area contributed by atoms with Crippen molar-refractivity contribution in [2.75, 3.05) is 37.7 Å². The Morgan fingerprint density at radius 1 is 1.33 bits per heavy atom. The van der Waals surface area contributed by atoms with Gasteiger partial charge in [0.25, 0.3) is 0 Å². The highest BCUT2D eigenvalue weighted by atomic mass is 16.5. The molecule has 118 valence electrons. The van der Waals surface area contributed by atoms with Crippen LogP contribution in [-0.4, -0.2) is 44.1 Å². The molecular formula is C17H28N2O2. The number of rotatable bonds is 7. The van der Waals surface area contributed by atoms with Gasteiger partial charge in [-0.25, -0.2) is 0 Å². The maximum atomic E-state index is 8.83. The van der Waals surface area contributed by atoms with Gasteiger partial charge in [0, 0.05) is 24.8 Å². The first-order valence-electron chi connectivity index (χ1n) is 8.06. The van der Waals surface area contributed by atoms with E-state index in [-0.39, 0.29) is 6.61 Å². The molecule has 0 aliphatic carbocycles. The molecule has 0 bridgehead atoms. The van der Waals surface area contributed by atoms with Gasteiger partial charge in [-0.1, -0.05) is 25.1 Å². The minimum Gasteiger partial charge on any atom is -0.394 e. The minimum atomic E-state index is 0.114. The Balaban J connectivity index is 2.00. The van der Waals surface area contributed by atoms with E-state index in [1.807, 2.05) is 0 Å². The van der Waals surface area contributed by atoms with Gasteiger partial charge in [0.2, 0.25) is 0 Å². The van der Waals surface area contributed by atoms with E-state index < -0.39 is 0 Å². The molecular weight excluding hydrogens is 264 g/mol. The summed E-state index contributed by atoms with van der Waals surface area (Å²) in [7, 11) is 0. The smallest absolute Gasteiger partial charge is 0.0701 e. The van der Waals surface area contributed by atoms with E-state index >= 15 is 0 Å². The number of anilines is 1. The molecule has 21 heavy (non-hydrogen) atoms. The Bertz CT molecular complexity index is 417. The molecule has 0 spiro atoms. The normalized spacial score (nSPS) is 18.0. The molecule has 1 aliphatic rings. The predicted octanol–water partition coefficient (Wildman–Crippen LogP) is 2.33. The van der Waals surface area contributed by atoms with E-state index in [4.69, 9.17) is 9.84 Å². The van der Waals surface area contributed by atoms with Gasteiger partial charge in [0.15, 0.2) is 0 Å². The molecule has 1 aliphatic heterocycles. The number of benzene rings is 1. The molecule has 1 heterocycles. The number of ether oxygens (including phenoxy) is 1. The summed E-state index contributed by atoms with van der Waals surface area (Å²) in [5.41, 5.74) is 2.71. The second kappa shape index (κ2) is 8.37. The van der Waals surface area contributed by atoms with Crippen LogP contribution in [0.25, 0.3) is 0 Å². The molecule has 4 heteroatoms. The molecule has 2 N–H and O–H groups in total. The molecule has 1 fully saturated rings. The molecule has 0 radical (unpaired) electrons. The summed E-state index contributed by atoms with van der Waals surface area (Å²) in [6, 6.07) is 9.04. The first kappa shape index (κ1) is 16.3. The summed E-state index contributed by atoms with van der Waals surface area (Å²) >= 11 is 0. The zero-order chi connectivity index (χ0) is 15.1. The van der Waals surface area contributed by atoms with Crippen molar-refractivity contribution < 1.29 is 9.84 Å². The molecule has 0 amide bonds. The topological polar surface area (TPSA) is 44.7 Å². The predicted molar refractivity (Wildman–Crippen MR) is 86.8 cm³/mol. The fraction of sp³-hybridized carbons (Fsp3) is 0.647. The van der Waals surface area contributed by atoms with Crippen molar-refractivity contribution in [1.82, 2.24) is 5.32 Å². The van der Waals surface area contributed by atoms with Crippen LogP contribution in [0.5, 0.6) is 0 Å². The van der Waals surface area contributed by atoms with Gasteiger partial charge in [0.1, 0.15) is 0 Å². The molecule has 1 aromatic rings. The zero-order valence-corrected chi connectivity index (χ0v) is 13.2. The molecule has 1 atom stereocenters. The second-order valence-electron chi connectivity index (χ2n) is 5.62. The van der Waals surface area contributed by atoms with Gasteiger partial charge in [0.05, 0.1) is 19.3 Å². The highest BCUT2D eigenvalue weighted by Crippen LogP contribution is 2.29. The summed E-state index contributed by atoms with van der Waals surface area (Å²) in [4.78, 5) is 2.46. The summed E-state index contributed by atoms with van der Waals surface area (Å²) < 4.78 is 5.64. The minimum absolute atomic E-state index is 0.114. The first-order valence-corrected chi connectivity index (χ1v) is 8.06. The number of nitrogens with one attached hydrogen (secondary N) is 1. The number of hydrogen-bond acceptors (Lipinski definition) is 4. The largest absolute Gasteiger partial charge is 0.394 e. The van der Waals surface area contributed by atoms with Crippen molar-refractivity contribution in [3.63, 3.8) is 0 Å². The molecule has 1 saturated heterocycles. The number of piperidine rings is 1. The highest BCUT2D eigenvalue weighted by molar-refractivity contribution is 5.55. The summed E-state index contributed by atoms with van der Waals surface area (Å²) in [6.45, 7) is 7.95. The number of aliphatic hydroxyl groups is 1. The third kappa shape index (κ3) is 4.43. The van der Waals surface area contributed by atoms with Crippen LogP contribution in [0, 0.1) is 0 Å². The van der Waals surface area contributed by atoms with Crippen LogP contribution >= 0.6 is 0 Å². The summed E-state index contributed by atoms with van der Waals surface area (Å²) in [5, 5.41) is 12.3. The lowest BCUT2D eigenvalue weighted by atomic mass is 10.0. The van der Waals surface area contributed by atoms with Crippen LogP contribution in [0.15, 0.2) is 24.3 Å². The first-order chi connectivity index (χ1) is 10.3. The fourth-order valence-corrected chi connectivity index (χ4v) is 3.04. The maximum Gasteiger partial charge on any atom is 0.0701 e. The third-order valence-electron chi connectivity index (χ3n) is 4.14. The lowest BCUT2D eigenvalue weighted by Crippen LogP contribution is -2.38. The number of aliphatic hydroxyl groups excluding tert-OH is 1. The van der Waals surface area contributed by atoms with Gasteiger partial charge in [-0.3, -0.25) is 0 Å². The standard InChI is InChI=1S/C17H28N2O2/c1-3-18-14(2)16-6-4-5-7-17(16)19-10-8-15(9-11-19)21-13-12-20/h4-7,14-15,18,20H,3,8-13H2,1-2H3. The van der Waals surface area contributed by atoms with E-state index in [0.29, 0.717) is 18.8 Å². The van der Waals surface area contributed by atoms with E-state index in [1.54, 1.807) is 0 Å². The zero-order valence-electron chi connectivity index (χ0n) is 13.2. The maximum absolute atomic E-state index is 8.83. The van der Waals surface area contributed by atoms with Crippen LogP contribution < -0.4 is 10.2 Å². The summed E-state index contributed by atoms with van der Waals surface area (Å²) in [6.07, 6.45) is 2.36. The van der Waals surface area contributed by atoms with Gasteiger partial charge >= 0.3 is 0 Å². The fourth-order valence-electron chi connectivity index (χ4n) is 3.04. The monoisotopic (exact) mass is 292 g/mol. The van der Waals surface area contributed by atoms with Crippen LogP contribution in [0.3, 0.4) is 0 Å². The molecule has 0 saturated carbocycles. The van der Waals surface area contributed by atoms with Crippen LogP contribution in [0.2, 0.25) is 0 Å². The van der Waals surface area contributed by atoms with Crippen molar-refractivity contribution in [2.24, 2.45) is 0 Å². The number of para-hydroxylation sites is 1. The number of nitrogens with zero attached hydrogens (tertiary/aromatic N) is 1. The lowest BCUT2D eigenvalue weighted by Gasteiger charge is -2.35. The van der Waals surface area contributed by atoms with Crippen molar-refractivity contribution in [1.29, 1.82) is 0 Å². The Labute approximate surface area is 128 Å². The molecule has 4 nitrogen and oxygen atoms in total. The highest BCUT2D eigenvalue weighted by Gasteiger charge is 2.22. The Hall–Kier alpha value is -1.10. The molecule has 0 aromatic heterocycles. The van der Waals surface area contributed by atoms with Crippen molar-refractivity contribution in [2.45, 2.75) is 38.8 Å². The average molecular weight is 292 g/mol. The Kier molecular flexibility index (Phi) is 6.49.